The smallest absolute Gasteiger partial charge is 0.119 e. The monoisotopic (exact) mass is 217 g/mol. The van der Waals surface area contributed by atoms with Crippen molar-refractivity contribution in [3.8, 4) is 5.75 Å². The van der Waals surface area contributed by atoms with Crippen LogP contribution in [-0.4, -0.2) is 20.8 Å². The van der Waals surface area contributed by atoms with Gasteiger partial charge < -0.3 is 15.2 Å². The highest BCUT2D eigenvalue weighted by molar-refractivity contribution is 5.85. The minimum Gasteiger partial charge on any atom is -0.497 e. The van der Waals surface area contributed by atoms with E-state index in [9.17, 15) is 0 Å². The lowest BCUT2D eigenvalue weighted by atomic mass is 10.1. The maximum Gasteiger partial charge on any atom is 0.119 e. The van der Waals surface area contributed by atoms with Crippen LogP contribution in [0.1, 0.15) is 11.6 Å². The molecule has 0 fully saturated rings. The first-order chi connectivity index (χ1) is 6.27. The highest BCUT2D eigenvalue weighted by Crippen LogP contribution is 2.17. The van der Waals surface area contributed by atoms with Gasteiger partial charge >= 0.3 is 0 Å². The molecule has 80 valence electrons. The van der Waals surface area contributed by atoms with Gasteiger partial charge in [-0.25, -0.2) is 0 Å². The Morgan fingerprint density at radius 3 is 2.64 bits per heavy atom. The summed E-state index contributed by atoms with van der Waals surface area (Å²) in [5, 5.41) is 0. The lowest BCUT2D eigenvalue weighted by molar-refractivity contribution is 0.181. The molecule has 0 heterocycles. The van der Waals surface area contributed by atoms with Crippen LogP contribution in [0.15, 0.2) is 24.3 Å². The van der Waals surface area contributed by atoms with Gasteiger partial charge in [-0.05, 0) is 17.7 Å². The van der Waals surface area contributed by atoms with Crippen molar-refractivity contribution in [2.75, 3.05) is 20.8 Å². The Kier molecular flexibility index (Phi) is 6.28. The van der Waals surface area contributed by atoms with Gasteiger partial charge in [0.15, 0.2) is 0 Å². The average molecular weight is 218 g/mol. The van der Waals surface area contributed by atoms with Crippen molar-refractivity contribution in [2.45, 2.75) is 6.04 Å². The number of halogens is 1. The fourth-order valence-corrected chi connectivity index (χ4v) is 1.15. The highest BCUT2D eigenvalue weighted by Gasteiger charge is 2.05. The Balaban J connectivity index is 0.00000169. The summed E-state index contributed by atoms with van der Waals surface area (Å²) in [4.78, 5) is 0. The number of rotatable bonds is 4. The van der Waals surface area contributed by atoms with E-state index in [-0.39, 0.29) is 18.4 Å². The molecule has 0 aromatic heterocycles. The van der Waals surface area contributed by atoms with Gasteiger partial charge in [-0.1, -0.05) is 12.1 Å². The molecule has 0 radical (unpaired) electrons. The number of hydrogen-bond donors (Lipinski definition) is 1. The molecule has 1 atom stereocenters. The summed E-state index contributed by atoms with van der Waals surface area (Å²) in [6.07, 6.45) is 0. The van der Waals surface area contributed by atoms with E-state index in [4.69, 9.17) is 15.2 Å². The number of ether oxygens (including phenoxy) is 2. The van der Waals surface area contributed by atoms with Gasteiger partial charge in [-0.2, -0.15) is 0 Å². The van der Waals surface area contributed by atoms with Crippen LogP contribution in [0, 0.1) is 0 Å². The van der Waals surface area contributed by atoms with Gasteiger partial charge in [0, 0.05) is 7.11 Å². The lowest BCUT2D eigenvalue weighted by Gasteiger charge is -2.11. The van der Waals surface area contributed by atoms with Gasteiger partial charge in [-0.3, -0.25) is 0 Å². The molecular formula is C10H16ClNO2. The second-order valence-electron chi connectivity index (χ2n) is 2.84. The van der Waals surface area contributed by atoms with Crippen LogP contribution in [0.25, 0.3) is 0 Å². The Hall–Kier alpha value is -0.770. The molecule has 1 aromatic carbocycles. The van der Waals surface area contributed by atoms with Gasteiger partial charge in [-0.15, -0.1) is 12.4 Å². The molecule has 0 amide bonds. The topological polar surface area (TPSA) is 44.5 Å². The van der Waals surface area contributed by atoms with Crippen molar-refractivity contribution in [1.82, 2.24) is 0 Å². The maximum absolute atomic E-state index is 5.85. The van der Waals surface area contributed by atoms with Crippen molar-refractivity contribution in [3.63, 3.8) is 0 Å². The Bertz CT molecular complexity index is 268. The van der Waals surface area contributed by atoms with Gasteiger partial charge in [0.05, 0.1) is 19.8 Å². The Morgan fingerprint density at radius 2 is 2.07 bits per heavy atom. The van der Waals surface area contributed by atoms with E-state index in [0.717, 1.165) is 11.3 Å². The summed E-state index contributed by atoms with van der Waals surface area (Å²) in [6, 6.07) is 7.61. The molecule has 0 aliphatic rings. The summed E-state index contributed by atoms with van der Waals surface area (Å²) >= 11 is 0. The van der Waals surface area contributed by atoms with Crippen molar-refractivity contribution >= 4 is 12.4 Å². The van der Waals surface area contributed by atoms with Crippen LogP contribution < -0.4 is 10.5 Å². The second kappa shape index (κ2) is 6.65. The van der Waals surface area contributed by atoms with E-state index in [1.807, 2.05) is 24.3 Å². The van der Waals surface area contributed by atoms with Crippen LogP contribution >= 0.6 is 12.4 Å². The molecule has 3 nitrogen and oxygen atoms in total. The van der Waals surface area contributed by atoms with E-state index in [0.29, 0.717) is 6.61 Å². The zero-order valence-electron chi connectivity index (χ0n) is 8.40. The molecule has 0 unspecified atom stereocenters. The first kappa shape index (κ1) is 13.2. The van der Waals surface area contributed by atoms with Crippen LogP contribution in [0.3, 0.4) is 0 Å². The molecule has 4 heteroatoms. The molecule has 14 heavy (non-hydrogen) atoms. The maximum atomic E-state index is 5.85. The average Bonchev–Trinajstić information content (AvgIpc) is 2.18. The van der Waals surface area contributed by atoms with Crippen molar-refractivity contribution in [2.24, 2.45) is 5.73 Å². The molecule has 0 bridgehead atoms. The minimum atomic E-state index is -0.0832. The van der Waals surface area contributed by atoms with Gasteiger partial charge in [0.25, 0.3) is 0 Å². The summed E-state index contributed by atoms with van der Waals surface area (Å²) in [5.74, 6) is 0.823. The molecule has 1 rings (SSSR count). The number of methoxy groups -OCH3 is 2. The third-order valence-corrected chi connectivity index (χ3v) is 1.87. The standard InChI is InChI=1S/C10H15NO2.ClH/c1-12-7-10(11)8-4-3-5-9(6-8)13-2;/h3-6,10H,7,11H2,1-2H3;1H/t10-;/m0./s1. The number of nitrogens with two attached hydrogens (primary N) is 1. The Labute approximate surface area is 90.6 Å². The highest BCUT2D eigenvalue weighted by atomic mass is 35.5. The molecule has 0 aliphatic heterocycles. The van der Waals surface area contributed by atoms with Gasteiger partial charge in [0.2, 0.25) is 0 Å². The van der Waals surface area contributed by atoms with Crippen LogP contribution in [-0.2, 0) is 4.74 Å². The SMILES string of the molecule is COC[C@H](N)c1cccc(OC)c1.Cl. The molecule has 0 saturated carbocycles. The van der Waals surface area contributed by atoms with Crippen molar-refractivity contribution in [3.05, 3.63) is 29.8 Å². The molecule has 1 aromatic rings. The minimum absolute atomic E-state index is 0. The van der Waals surface area contributed by atoms with E-state index < -0.39 is 0 Å². The predicted molar refractivity (Wildman–Crippen MR) is 59.0 cm³/mol. The third-order valence-electron chi connectivity index (χ3n) is 1.87. The lowest BCUT2D eigenvalue weighted by Crippen LogP contribution is -2.15. The van der Waals surface area contributed by atoms with Gasteiger partial charge in [0.1, 0.15) is 5.75 Å². The summed E-state index contributed by atoms with van der Waals surface area (Å²) in [7, 11) is 3.28. The van der Waals surface area contributed by atoms with E-state index in [2.05, 4.69) is 0 Å². The first-order valence-corrected chi connectivity index (χ1v) is 4.16. The number of benzene rings is 1. The predicted octanol–water partition coefficient (Wildman–Crippen LogP) is 1.76. The fraction of sp³-hybridized carbons (Fsp3) is 0.400. The zero-order chi connectivity index (χ0) is 9.68. The molecule has 0 aliphatic carbocycles. The molecular weight excluding hydrogens is 202 g/mol. The molecule has 2 N–H and O–H groups in total. The van der Waals surface area contributed by atoms with Crippen LogP contribution in [0.4, 0.5) is 0 Å². The van der Waals surface area contributed by atoms with Crippen LogP contribution in [0.2, 0.25) is 0 Å². The second-order valence-corrected chi connectivity index (χ2v) is 2.84. The molecule has 0 saturated heterocycles. The Morgan fingerprint density at radius 1 is 1.36 bits per heavy atom. The summed E-state index contributed by atoms with van der Waals surface area (Å²) in [6.45, 7) is 0.521. The van der Waals surface area contributed by atoms with E-state index in [1.165, 1.54) is 0 Å². The molecule has 0 spiro atoms. The van der Waals surface area contributed by atoms with Crippen LogP contribution in [0.5, 0.6) is 5.75 Å². The summed E-state index contributed by atoms with van der Waals surface area (Å²) < 4.78 is 10.1. The summed E-state index contributed by atoms with van der Waals surface area (Å²) in [5.41, 5.74) is 6.88. The van der Waals surface area contributed by atoms with Crippen molar-refractivity contribution in [1.29, 1.82) is 0 Å². The largest absolute Gasteiger partial charge is 0.497 e. The quantitative estimate of drug-likeness (QED) is 0.836. The normalized spacial score (nSPS) is 11.6. The third kappa shape index (κ3) is 3.54. The van der Waals surface area contributed by atoms with E-state index >= 15 is 0 Å². The number of hydrogen-bond acceptors (Lipinski definition) is 3. The van der Waals surface area contributed by atoms with Crippen molar-refractivity contribution < 1.29 is 9.47 Å². The fourth-order valence-electron chi connectivity index (χ4n) is 1.15. The first-order valence-electron chi connectivity index (χ1n) is 4.16. The zero-order valence-corrected chi connectivity index (χ0v) is 9.21. The van der Waals surface area contributed by atoms with E-state index in [1.54, 1.807) is 14.2 Å².